The zero-order valence-electron chi connectivity index (χ0n) is 19.2. The summed E-state index contributed by atoms with van der Waals surface area (Å²) in [5.74, 6) is 1.77. The molecule has 6 aromatic rings. The van der Waals surface area contributed by atoms with Crippen LogP contribution < -0.4 is 0 Å². The molecule has 0 amide bonds. The van der Waals surface area contributed by atoms with E-state index in [1.165, 1.54) is 0 Å². The molecule has 0 unspecified atom stereocenters. The molecular weight excluding hydrogens is 444 g/mol. The Balaban J connectivity index is 1.49. The Labute approximate surface area is 206 Å². The van der Waals surface area contributed by atoms with Crippen molar-refractivity contribution in [2.75, 3.05) is 0 Å². The average Bonchev–Trinajstić information content (AvgIpc) is 3.45. The summed E-state index contributed by atoms with van der Waals surface area (Å²) in [4.78, 5) is 9.87. The standard InChI is InChI=1S/C30H18N6/c31-17-19-10-12-26-23(15-19)21-5-1-2-7-25(21)35(26)28-8-3-9-29(34-28)36-27-13-11-20(18-32)16-24(27)22-6-4-14-33-30(22)36/h1-2,4-7,9-16H,3,8H2. The fourth-order valence-corrected chi connectivity index (χ4v) is 5.34. The summed E-state index contributed by atoms with van der Waals surface area (Å²) in [7, 11) is 0. The average molecular weight is 463 g/mol. The maximum Gasteiger partial charge on any atom is 0.146 e. The van der Waals surface area contributed by atoms with Gasteiger partial charge in [0, 0.05) is 34.2 Å². The van der Waals surface area contributed by atoms with Gasteiger partial charge in [0.2, 0.25) is 0 Å². The first-order chi connectivity index (χ1) is 17.8. The van der Waals surface area contributed by atoms with Crippen LogP contribution in [0, 0.1) is 22.7 Å². The summed E-state index contributed by atoms with van der Waals surface area (Å²) in [5.41, 5.74) is 5.16. The van der Waals surface area contributed by atoms with Crippen LogP contribution in [0.2, 0.25) is 0 Å². The van der Waals surface area contributed by atoms with E-state index < -0.39 is 0 Å². The topological polar surface area (TPSA) is 82.7 Å². The van der Waals surface area contributed by atoms with E-state index in [9.17, 15) is 10.5 Å². The van der Waals surface area contributed by atoms with E-state index in [-0.39, 0.29) is 0 Å². The number of para-hydroxylation sites is 1. The van der Waals surface area contributed by atoms with Crippen molar-refractivity contribution in [1.29, 1.82) is 10.5 Å². The minimum absolute atomic E-state index is 0.620. The molecule has 0 spiro atoms. The Morgan fingerprint density at radius 3 is 2.14 bits per heavy atom. The SMILES string of the molecule is N#Cc1ccc2c(c1)c1ccccc1n2C1=NC(n2c3ccc(C#N)cc3c3cccnc32)=CCC1. The molecule has 6 nitrogen and oxygen atoms in total. The molecule has 36 heavy (non-hydrogen) atoms. The number of allylic oxidation sites excluding steroid dienone is 1. The second-order valence-electron chi connectivity index (χ2n) is 8.88. The van der Waals surface area contributed by atoms with E-state index in [0.29, 0.717) is 11.1 Å². The molecule has 0 aliphatic carbocycles. The molecule has 168 valence electrons. The lowest BCUT2D eigenvalue weighted by Crippen LogP contribution is -2.15. The third-order valence-electron chi connectivity index (χ3n) is 6.88. The Morgan fingerprint density at radius 1 is 0.694 bits per heavy atom. The van der Waals surface area contributed by atoms with Crippen molar-refractivity contribution in [1.82, 2.24) is 14.1 Å². The molecule has 0 saturated heterocycles. The highest BCUT2D eigenvalue weighted by Gasteiger charge is 2.20. The van der Waals surface area contributed by atoms with E-state index in [0.717, 1.165) is 68.2 Å². The minimum Gasteiger partial charge on any atom is -0.297 e. The second-order valence-corrected chi connectivity index (χ2v) is 8.88. The number of benzene rings is 3. The van der Waals surface area contributed by atoms with Crippen molar-refractivity contribution in [2.24, 2.45) is 4.99 Å². The van der Waals surface area contributed by atoms with Crippen LogP contribution >= 0.6 is 0 Å². The summed E-state index contributed by atoms with van der Waals surface area (Å²) in [6.07, 6.45) is 5.57. The number of nitriles is 2. The predicted octanol–water partition coefficient (Wildman–Crippen LogP) is 6.58. The van der Waals surface area contributed by atoms with E-state index in [2.05, 4.69) is 44.5 Å². The number of rotatable bonds is 1. The Bertz CT molecular complexity index is 2020. The van der Waals surface area contributed by atoms with Gasteiger partial charge >= 0.3 is 0 Å². The summed E-state index contributed by atoms with van der Waals surface area (Å²) in [6.45, 7) is 0. The van der Waals surface area contributed by atoms with E-state index >= 15 is 0 Å². The van der Waals surface area contributed by atoms with Gasteiger partial charge in [0.1, 0.15) is 17.3 Å². The van der Waals surface area contributed by atoms with Gasteiger partial charge in [-0.2, -0.15) is 10.5 Å². The van der Waals surface area contributed by atoms with Gasteiger partial charge in [0.05, 0.1) is 39.8 Å². The molecule has 7 rings (SSSR count). The lowest BCUT2D eigenvalue weighted by Gasteiger charge is -2.17. The van der Waals surface area contributed by atoms with Crippen molar-refractivity contribution in [3.63, 3.8) is 0 Å². The zero-order chi connectivity index (χ0) is 24.2. The van der Waals surface area contributed by atoms with Crippen molar-refractivity contribution in [3.05, 3.63) is 96.2 Å². The van der Waals surface area contributed by atoms with E-state index in [1.807, 2.05) is 60.7 Å². The summed E-state index contributed by atoms with van der Waals surface area (Å²) in [5, 5.41) is 23.0. The summed E-state index contributed by atoms with van der Waals surface area (Å²) < 4.78 is 4.31. The van der Waals surface area contributed by atoms with Crippen LogP contribution in [0.25, 0.3) is 49.6 Å². The van der Waals surface area contributed by atoms with Crippen LogP contribution in [0.5, 0.6) is 0 Å². The van der Waals surface area contributed by atoms with Gasteiger partial charge in [-0.15, -0.1) is 0 Å². The molecule has 3 aromatic carbocycles. The first kappa shape index (κ1) is 20.2. The minimum atomic E-state index is 0.620. The van der Waals surface area contributed by atoms with Crippen molar-refractivity contribution in [2.45, 2.75) is 12.8 Å². The Kier molecular flexibility index (Phi) is 4.30. The molecule has 0 radical (unpaired) electrons. The number of hydrogen-bond acceptors (Lipinski definition) is 4. The van der Waals surface area contributed by atoms with Crippen LogP contribution in [-0.2, 0) is 0 Å². The number of nitrogens with zero attached hydrogens (tertiary/aromatic N) is 6. The summed E-state index contributed by atoms with van der Waals surface area (Å²) >= 11 is 0. The summed E-state index contributed by atoms with van der Waals surface area (Å²) in [6, 6.07) is 28.3. The molecule has 0 bridgehead atoms. The normalized spacial score (nSPS) is 13.6. The maximum atomic E-state index is 9.46. The quantitative estimate of drug-likeness (QED) is 0.277. The van der Waals surface area contributed by atoms with Crippen molar-refractivity contribution >= 4 is 55.4 Å². The first-order valence-electron chi connectivity index (χ1n) is 11.8. The Morgan fingerprint density at radius 2 is 1.36 bits per heavy atom. The van der Waals surface area contributed by atoms with E-state index in [4.69, 9.17) is 4.99 Å². The fourth-order valence-electron chi connectivity index (χ4n) is 5.34. The molecule has 6 heteroatoms. The van der Waals surface area contributed by atoms with Gasteiger partial charge in [-0.3, -0.25) is 9.13 Å². The van der Waals surface area contributed by atoms with Gasteiger partial charge in [-0.1, -0.05) is 18.2 Å². The third-order valence-corrected chi connectivity index (χ3v) is 6.88. The molecule has 0 atom stereocenters. The molecule has 1 aliphatic heterocycles. The smallest absolute Gasteiger partial charge is 0.146 e. The third kappa shape index (κ3) is 2.82. The van der Waals surface area contributed by atoms with E-state index in [1.54, 1.807) is 6.20 Å². The van der Waals surface area contributed by atoms with Crippen LogP contribution in [-0.4, -0.2) is 20.0 Å². The molecular formula is C30H18N6. The fraction of sp³-hybridized carbons (Fsp3) is 0.0667. The molecule has 0 N–H and O–H groups in total. The number of aromatic nitrogens is 3. The Hall–Kier alpha value is -5.20. The number of hydrogen-bond donors (Lipinski definition) is 0. The molecule has 1 aliphatic rings. The molecule has 3 aromatic heterocycles. The van der Waals surface area contributed by atoms with Crippen molar-refractivity contribution in [3.8, 4) is 12.1 Å². The van der Waals surface area contributed by atoms with Crippen LogP contribution in [0.3, 0.4) is 0 Å². The largest absolute Gasteiger partial charge is 0.297 e. The van der Waals surface area contributed by atoms with Crippen LogP contribution in [0.4, 0.5) is 0 Å². The number of fused-ring (bicyclic) bond motifs is 6. The maximum absolute atomic E-state index is 9.46. The van der Waals surface area contributed by atoms with Crippen molar-refractivity contribution < 1.29 is 0 Å². The van der Waals surface area contributed by atoms with Gasteiger partial charge in [0.25, 0.3) is 0 Å². The highest BCUT2D eigenvalue weighted by molar-refractivity contribution is 6.15. The van der Waals surface area contributed by atoms with Gasteiger partial charge in [-0.25, -0.2) is 9.98 Å². The van der Waals surface area contributed by atoms with Gasteiger partial charge in [-0.05, 0) is 67.1 Å². The number of pyridine rings is 1. The molecule has 4 heterocycles. The highest BCUT2D eigenvalue weighted by atomic mass is 15.2. The van der Waals surface area contributed by atoms with Gasteiger partial charge in [0.15, 0.2) is 0 Å². The number of aliphatic imine (C=N–C) groups is 1. The van der Waals surface area contributed by atoms with Gasteiger partial charge < -0.3 is 0 Å². The highest BCUT2D eigenvalue weighted by Crippen LogP contribution is 2.35. The lowest BCUT2D eigenvalue weighted by molar-refractivity contribution is 0.976. The van der Waals surface area contributed by atoms with Crippen LogP contribution in [0.1, 0.15) is 24.0 Å². The molecule has 0 saturated carbocycles. The van der Waals surface area contributed by atoms with Crippen LogP contribution in [0.15, 0.2) is 90.1 Å². The predicted molar refractivity (Wildman–Crippen MR) is 142 cm³/mol. The zero-order valence-corrected chi connectivity index (χ0v) is 19.2. The first-order valence-corrected chi connectivity index (χ1v) is 11.8. The molecule has 0 fully saturated rings. The monoisotopic (exact) mass is 462 g/mol. The lowest BCUT2D eigenvalue weighted by atomic mass is 10.1. The second kappa shape index (κ2) is 7.66.